The molecule has 3 rings (SSSR count). The smallest absolute Gasteiger partial charge is 0.240 e. The van der Waals surface area contributed by atoms with Crippen LogP contribution in [-0.4, -0.2) is 60.2 Å². The summed E-state index contributed by atoms with van der Waals surface area (Å²) < 4.78 is 0. The summed E-state index contributed by atoms with van der Waals surface area (Å²) in [6.45, 7) is 5.43. The molecule has 0 unspecified atom stereocenters. The SMILES string of the molecule is Cc1cc(C)c2c(n1)SCC(=O)N2CC(=O)NCCN(C)C1CCCCC1. The number of carbonyl (C=O) groups excluding carboxylic acids is 2. The van der Waals surface area contributed by atoms with Crippen molar-refractivity contribution in [1.82, 2.24) is 15.2 Å². The van der Waals surface area contributed by atoms with E-state index in [1.54, 1.807) is 4.90 Å². The topological polar surface area (TPSA) is 65.5 Å². The van der Waals surface area contributed by atoms with Crippen molar-refractivity contribution < 1.29 is 9.59 Å². The second-order valence-corrected chi connectivity index (χ2v) is 8.59. The van der Waals surface area contributed by atoms with E-state index in [9.17, 15) is 9.59 Å². The van der Waals surface area contributed by atoms with Gasteiger partial charge in [0.05, 0.1) is 11.4 Å². The van der Waals surface area contributed by atoms with Crippen molar-refractivity contribution in [2.45, 2.75) is 57.0 Å². The summed E-state index contributed by atoms with van der Waals surface area (Å²) in [7, 11) is 2.14. The molecule has 27 heavy (non-hydrogen) atoms. The summed E-state index contributed by atoms with van der Waals surface area (Å²) in [6, 6.07) is 2.60. The first kappa shape index (κ1) is 20.1. The number of anilines is 1. The van der Waals surface area contributed by atoms with Crippen LogP contribution >= 0.6 is 11.8 Å². The van der Waals surface area contributed by atoms with Crippen LogP contribution < -0.4 is 10.2 Å². The van der Waals surface area contributed by atoms with Crippen molar-refractivity contribution in [2.75, 3.05) is 37.3 Å². The van der Waals surface area contributed by atoms with Gasteiger partial charge in [0.1, 0.15) is 11.6 Å². The minimum atomic E-state index is -0.113. The van der Waals surface area contributed by atoms with Crippen LogP contribution in [0.15, 0.2) is 11.1 Å². The summed E-state index contributed by atoms with van der Waals surface area (Å²) in [5.41, 5.74) is 2.71. The van der Waals surface area contributed by atoms with Crippen LogP contribution in [0.5, 0.6) is 0 Å². The van der Waals surface area contributed by atoms with Gasteiger partial charge in [-0.05, 0) is 45.4 Å². The van der Waals surface area contributed by atoms with Gasteiger partial charge >= 0.3 is 0 Å². The summed E-state index contributed by atoms with van der Waals surface area (Å²) in [4.78, 5) is 33.3. The average Bonchev–Trinajstić information content (AvgIpc) is 2.64. The maximum atomic E-state index is 12.5. The second-order valence-electron chi connectivity index (χ2n) is 7.63. The molecule has 148 valence electrons. The molecule has 1 aromatic rings. The minimum absolute atomic E-state index is 0.0317. The van der Waals surface area contributed by atoms with E-state index in [0.717, 1.165) is 28.5 Å². The maximum absolute atomic E-state index is 12.5. The minimum Gasteiger partial charge on any atom is -0.353 e. The van der Waals surface area contributed by atoms with Gasteiger partial charge in [-0.3, -0.25) is 14.5 Å². The van der Waals surface area contributed by atoms with Gasteiger partial charge in [0.2, 0.25) is 11.8 Å². The molecule has 0 spiro atoms. The van der Waals surface area contributed by atoms with Gasteiger partial charge in [-0.25, -0.2) is 4.98 Å². The standard InChI is InChI=1S/C20H30N4O2S/c1-14-11-15(2)22-20-19(14)24(18(26)13-27-20)12-17(25)21-9-10-23(3)16-7-5-4-6-8-16/h11,16H,4-10,12-13H2,1-3H3,(H,21,25). The zero-order valence-corrected chi connectivity index (χ0v) is 17.4. The molecule has 2 heterocycles. The lowest BCUT2D eigenvalue weighted by Crippen LogP contribution is -2.46. The maximum Gasteiger partial charge on any atom is 0.240 e. The monoisotopic (exact) mass is 390 g/mol. The predicted octanol–water partition coefficient (Wildman–Crippen LogP) is 2.52. The van der Waals surface area contributed by atoms with Crippen molar-refractivity contribution in [1.29, 1.82) is 0 Å². The molecule has 0 atom stereocenters. The van der Waals surface area contributed by atoms with E-state index in [2.05, 4.69) is 22.2 Å². The number of nitrogens with zero attached hydrogens (tertiary/aromatic N) is 3. The highest BCUT2D eigenvalue weighted by Crippen LogP contribution is 2.36. The molecular weight excluding hydrogens is 360 g/mol. The van der Waals surface area contributed by atoms with E-state index in [1.807, 2.05) is 19.9 Å². The molecule has 1 aliphatic carbocycles. The van der Waals surface area contributed by atoms with E-state index in [1.165, 1.54) is 43.9 Å². The molecule has 0 radical (unpaired) electrons. The number of likely N-dealkylation sites (N-methyl/N-ethyl adjacent to an activating group) is 1. The quantitative estimate of drug-likeness (QED) is 0.809. The normalized spacial score (nSPS) is 17.9. The number of fused-ring (bicyclic) bond motifs is 1. The van der Waals surface area contributed by atoms with Crippen LogP contribution in [0.1, 0.15) is 43.4 Å². The van der Waals surface area contributed by atoms with Gasteiger partial charge in [-0.2, -0.15) is 0 Å². The third kappa shape index (κ3) is 5.02. The fourth-order valence-corrected chi connectivity index (χ4v) is 5.03. The molecule has 7 heteroatoms. The third-order valence-electron chi connectivity index (χ3n) is 5.47. The largest absolute Gasteiger partial charge is 0.353 e. The van der Waals surface area contributed by atoms with Crippen molar-refractivity contribution in [2.24, 2.45) is 0 Å². The fraction of sp³-hybridized carbons (Fsp3) is 0.650. The number of thioether (sulfide) groups is 1. The van der Waals surface area contributed by atoms with Gasteiger partial charge in [-0.1, -0.05) is 31.0 Å². The lowest BCUT2D eigenvalue weighted by atomic mass is 9.94. The summed E-state index contributed by atoms with van der Waals surface area (Å²) in [5.74, 6) is 0.189. The zero-order valence-electron chi connectivity index (χ0n) is 16.6. The fourth-order valence-electron chi connectivity index (χ4n) is 4.00. The molecule has 2 aliphatic rings. The average molecular weight is 391 g/mol. The highest BCUT2D eigenvalue weighted by Gasteiger charge is 2.29. The third-order valence-corrected chi connectivity index (χ3v) is 6.42. The van der Waals surface area contributed by atoms with Gasteiger partial charge in [0, 0.05) is 24.8 Å². The molecule has 1 N–H and O–H groups in total. The van der Waals surface area contributed by atoms with Crippen LogP contribution in [0, 0.1) is 13.8 Å². The number of amides is 2. The Morgan fingerprint density at radius 1 is 1.33 bits per heavy atom. The van der Waals surface area contributed by atoms with Crippen molar-refractivity contribution >= 4 is 29.3 Å². The van der Waals surface area contributed by atoms with E-state index >= 15 is 0 Å². The molecule has 2 amide bonds. The van der Waals surface area contributed by atoms with Crippen molar-refractivity contribution in [3.63, 3.8) is 0 Å². The Labute approximate surface area is 166 Å². The Kier molecular flexibility index (Phi) is 6.76. The summed E-state index contributed by atoms with van der Waals surface area (Å²) >= 11 is 1.45. The number of hydrogen-bond donors (Lipinski definition) is 1. The number of pyridine rings is 1. The van der Waals surface area contributed by atoms with Crippen LogP contribution in [0.3, 0.4) is 0 Å². The van der Waals surface area contributed by atoms with Crippen LogP contribution in [0.25, 0.3) is 0 Å². The molecule has 6 nitrogen and oxygen atoms in total. The number of carbonyl (C=O) groups is 2. The Morgan fingerprint density at radius 3 is 2.81 bits per heavy atom. The summed E-state index contributed by atoms with van der Waals surface area (Å²) in [5, 5.41) is 3.82. The number of rotatable bonds is 6. The first-order valence-corrected chi connectivity index (χ1v) is 10.8. The number of aryl methyl sites for hydroxylation is 2. The molecule has 0 bridgehead atoms. The van der Waals surface area contributed by atoms with Crippen molar-refractivity contribution in [3.05, 3.63) is 17.3 Å². The van der Waals surface area contributed by atoms with Gasteiger partial charge in [0.15, 0.2) is 0 Å². The second kappa shape index (κ2) is 9.06. The Bertz CT molecular complexity index is 703. The van der Waals surface area contributed by atoms with Gasteiger partial charge < -0.3 is 10.2 Å². The van der Waals surface area contributed by atoms with E-state index < -0.39 is 0 Å². The van der Waals surface area contributed by atoms with Crippen molar-refractivity contribution in [3.8, 4) is 0 Å². The molecule has 0 saturated heterocycles. The predicted molar refractivity (Wildman–Crippen MR) is 109 cm³/mol. The van der Waals surface area contributed by atoms with Crippen LogP contribution in [-0.2, 0) is 9.59 Å². The molecule has 1 aromatic heterocycles. The van der Waals surface area contributed by atoms with E-state index in [-0.39, 0.29) is 18.4 Å². The zero-order chi connectivity index (χ0) is 19.4. The molecule has 1 fully saturated rings. The number of nitrogens with one attached hydrogen (secondary N) is 1. The number of aromatic nitrogens is 1. The van der Waals surface area contributed by atoms with Gasteiger partial charge in [-0.15, -0.1) is 0 Å². The first-order chi connectivity index (χ1) is 13.0. The molecule has 0 aromatic carbocycles. The van der Waals surface area contributed by atoms with Crippen LogP contribution in [0.4, 0.5) is 5.69 Å². The Balaban J connectivity index is 1.54. The first-order valence-electron chi connectivity index (χ1n) is 9.84. The molecule has 1 aliphatic heterocycles. The highest BCUT2D eigenvalue weighted by molar-refractivity contribution is 8.00. The number of hydrogen-bond acceptors (Lipinski definition) is 5. The summed E-state index contributed by atoms with van der Waals surface area (Å²) in [6.07, 6.45) is 6.48. The highest BCUT2D eigenvalue weighted by atomic mass is 32.2. The Morgan fingerprint density at radius 2 is 2.07 bits per heavy atom. The Hall–Kier alpha value is -1.60. The van der Waals surface area contributed by atoms with E-state index in [0.29, 0.717) is 18.3 Å². The van der Waals surface area contributed by atoms with E-state index in [4.69, 9.17) is 0 Å². The lowest BCUT2D eigenvalue weighted by molar-refractivity contribution is -0.123. The molecule has 1 saturated carbocycles. The van der Waals surface area contributed by atoms with Gasteiger partial charge in [0.25, 0.3) is 0 Å². The van der Waals surface area contributed by atoms with Crippen LogP contribution in [0.2, 0.25) is 0 Å². The molecular formula is C20H30N4O2S. The lowest BCUT2D eigenvalue weighted by Gasteiger charge is -2.31.